The van der Waals surface area contributed by atoms with Crippen molar-refractivity contribution in [3.8, 4) is 0 Å². The van der Waals surface area contributed by atoms with Crippen LogP contribution >= 0.6 is 0 Å². The van der Waals surface area contributed by atoms with E-state index in [0.29, 0.717) is 12.8 Å². The van der Waals surface area contributed by atoms with Gasteiger partial charge in [-0.05, 0) is 77.0 Å². The first-order chi connectivity index (χ1) is 34.1. The summed E-state index contributed by atoms with van der Waals surface area (Å²) in [4.78, 5) is 13.2. The average Bonchev–Trinajstić information content (AvgIpc) is 3.36. The SMILES string of the molecule is CCCCC/C=C\C/C=C\CCCCCCCCCC(=O)NC(COC1OC(CO)C(OC2OC(CO)C(O)C(O)C2O)C(O)C1O)C(O)/C=C/CC/C=C/CC/C=C/CCCCCCCCCCC. The van der Waals surface area contributed by atoms with E-state index in [1.165, 1.54) is 96.3 Å². The van der Waals surface area contributed by atoms with Gasteiger partial charge in [-0.15, -0.1) is 0 Å². The highest BCUT2D eigenvalue weighted by atomic mass is 16.7. The van der Waals surface area contributed by atoms with Crippen molar-refractivity contribution >= 4 is 5.91 Å². The molecule has 12 atom stereocenters. The van der Waals surface area contributed by atoms with Crippen molar-refractivity contribution in [1.29, 1.82) is 0 Å². The number of carbonyl (C=O) groups is 1. The van der Waals surface area contributed by atoms with Gasteiger partial charge in [-0.2, -0.15) is 0 Å². The van der Waals surface area contributed by atoms with Crippen molar-refractivity contribution in [2.24, 2.45) is 0 Å². The first-order valence-corrected chi connectivity index (χ1v) is 27.5. The van der Waals surface area contributed by atoms with Crippen molar-refractivity contribution in [2.75, 3.05) is 19.8 Å². The molecule has 0 saturated carbocycles. The molecule has 0 spiro atoms. The summed E-state index contributed by atoms with van der Waals surface area (Å²) in [6.45, 7) is 2.72. The molecule has 12 unspecified atom stereocenters. The van der Waals surface area contributed by atoms with Gasteiger partial charge in [0, 0.05) is 6.42 Å². The van der Waals surface area contributed by atoms with Crippen LogP contribution in [0, 0.1) is 0 Å². The van der Waals surface area contributed by atoms with Crippen molar-refractivity contribution < 1.29 is 64.6 Å². The highest BCUT2D eigenvalue weighted by Crippen LogP contribution is 2.30. The van der Waals surface area contributed by atoms with Gasteiger partial charge in [0.05, 0.1) is 32.0 Å². The van der Waals surface area contributed by atoms with Crippen molar-refractivity contribution in [3.63, 3.8) is 0 Å². The summed E-state index contributed by atoms with van der Waals surface area (Å²) in [5, 5.41) is 86.9. The van der Waals surface area contributed by atoms with Gasteiger partial charge in [-0.3, -0.25) is 4.79 Å². The Morgan fingerprint density at radius 1 is 0.514 bits per heavy atom. The van der Waals surface area contributed by atoms with E-state index in [2.05, 4.69) is 67.8 Å². The van der Waals surface area contributed by atoms with Crippen LogP contribution in [0.3, 0.4) is 0 Å². The smallest absolute Gasteiger partial charge is 0.220 e. The first-order valence-electron chi connectivity index (χ1n) is 27.5. The predicted octanol–water partition coefficient (Wildman–Crippen LogP) is 8.22. The van der Waals surface area contributed by atoms with E-state index in [1.807, 2.05) is 6.08 Å². The van der Waals surface area contributed by atoms with E-state index in [4.69, 9.17) is 18.9 Å². The molecule has 0 aliphatic carbocycles. The number of aliphatic hydroxyl groups excluding tert-OH is 8. The molecule has 2 saturated heterocycles. The van der Waals surface area contributed by atoms with E-state index in [-0.39, 0.29) is 18.9 Å². The number of allylic oxidation sites excluding steroid dienone is 9. The molecule has 0 aromatic rings. The predicted molar refractivity (Wildman–Crippen MR) is 277 cm³/mol. The number of nitrogens with one attached hydrogen (secondary N) is 1. The Hall–Kier alpha value is -2.31. The van der Waals surface area contributed by atoms with Crippen LogP contribution in [0.15, 0.2) is 60.8 Å². The first kappa shape index (κ1) is 63.8. The molecule has 0 radical (unpaired) electrons. The van der Waals surface area contributed by atoms with Crippen LogP contribution in [-0.4, -0.2) is 140 Å². The molecule has 9 N–H and O–H groups in total. The molecule has 0 aromatic heterocycles. The molecule has 0 bridgehead atoms. The minimum Gasteiger partial charge on any atom is -0.394 e. The van der Waals surface area contributed by atoms with Gasteiger partial charge in [0.25, 0.3) is 0 Å². The zero-order valence-corrected chi connectivity index (χ0v) is 43.2. The van der Waals surface area contributed by atoms with Crippen LogP contribution < -0.4 is 5.32 Å². The summed E-state index contributed by atoms with van der Waals surface area (Å²) >= 11 is 0. The Morgan fingerprint density at radius 2 is 0.957 bits per heavy atom. The number of amides is 1. The Balaban J connectivity index is 1.85. The molecule has 2 heterocycles. The number of ether oxygens (including phenoxy) is 4. The second-order valence-corrected chi connectivity index (χ2v) is 19.3. The van der Waals surface area contributed by atoms with Crippen LogP contribution in [0.25, 0.3) is 0 Å². The molecule has 70 heavy (non-hydrogen) atoms. The molecular formula is C56H99NO13. The summed E-state index contributed by atoms with van der Waals surface area (Å²) in [6.07, 6.45) is 35.4. The lowest BCUT2D eigenvalue weighted by atomic mass is 9.97. The van der Waals surface area contributed by atoms with Crippen LogP contribution in [0.4, 0.5) is 0 Å². The average molecular weight is 994 g/mol. The van der Waals surface area contributed by atoms with Gasteiger partial charge in [0.15, 0.2) is 12.6 Å². The number of unbranched alkanes of at least 4 members (excludes halogenated alkanes) is 21. The standard InChI is InChI=1S/C56H99NO13/c1-3-5-7-9-11-13-15-17-19-21-22-24-25-27-29-31-33-35-37-39-45(60)44(57-48(61)40-38-36-34-32-30-28-26-23-20-18-16-14-12-10-8-6-4-2)43-67-55-53(66)51(64)54(47(42-59)69-55)70-56-52(65)50(63)49(62)46(41-58)68-56/h12,14,18,20,22,24,29,31,37,39,44-47,49-56,58-60,62-66H,3-11,13,15-17,19,21,23,25-28,30,32-36,38,40-43H2,1-2H3,(H,57,61)/b14-12-,20-18-,24-22+,31-29+,39-37+. The van der Waals surface area contributed by atoms with Crippen LogP contribution in [0.1, 0.15) is 194 Å². The molecule has 406 valence electrons. The fourth-order valence-electron chi connectivity index (χ4n) is 8.65. The molecule has 14 heteroatoms. The van der Waals surface area contributed by atoms with Gasteiger partial charge >= 0.3 is 0 Å². The Morgan fingerprint density at radius 3 is 1.51 bits per heavy atom. The Bertz CT molecular complexity index is 1410. The summed E-state index contributed by atoms with van der Waals surface area (Å²) in [6, 6.07) is -0.943. The van der Waals surface area contributed by atoms with E-state index < -0.39 is 86.8 Å². The zero-order valence-electron chi connectivity index (χ0n) is 43.2. The summed E-state index contributed by atoms with van der Waals surface area (Å²) in [5.74, 6) is -0.264. The fourth-order valence-corrected chi connectivity index (χ4v) is 8.65. The molecule has 2 fully saturated rings. The summed E-state index contributed by atoms with van der Waals surface area (Å²) in [7, 11) is 0. The van der Waals surface area contributed by atoms with Crippen molar-refractivity contribution in [3.05, 3.63) is 60.8 Å². The third-order valence-corrected chi connectivity index (χ3v) is 13.2. The fraction of sp³-hybridized carbons (Fsp3) is 0.804. The number of hydrogen-bond donors (Lipinski definition) is 9. The van der Waals surface area contributed by atoms with Crippen molar-refractivity contribution in [2.45, 2.75) is 267 Å². The molecule has 1 amide bonds. The third-order valence-electron chi connectivity index (χ3n) is 13.2. The van der Waals surface area contributed by atoms with E-state index in [1.54, 1.807) is 6.08 Å². The lowest BCUT2D eigenvalue weighted by molar-refractivity contribution is -0.359. The lowest BCUT2D eigenvalue weighted by Crippen LogP contribution is -2.65. The number of carbonyl (C=O) groups excluding carboxylic acids is 1. The van der Waals surface area contributed by atoms with Crippen LogP contribution in [-0.2, 0) is 23.7 Å². The normalized spacial score (nSPS) is 26.4. The quantitative estimate of drug-likeness (QED) is 0.0208. The molecule has 14 nitrogen and oxygen atoms in total. The van der Waals surface area contributed by atoms with E-state index in [0.717, 1.165) is 64.2 Å². The van der Waals surface area contributed by atoms with Gasteiger partial charge in [-0.25, -0.2) is 0 Å². The highest BCUT2D eigenvalue weighted by Gasteiger charge is 2.51. The van der Waals surface area contributed by atoms with Gasteiger partial charge in [0.2, 0.25) is 5.91 Å². The van der Waals surface area contributed by atoms with Crippen LogP contribution in [0.2, 0.25) is 0 Å². The van der Waals surface area contributed by atoms with Crippen LogP contribution in [0.5, 0.6) is 0 Å². The number of aliphatic hydroxyl groups is 8. The minimum absolute atomic E-state index is 0.259. The maximum Gasteiger partial charge on any atom is 0.220 e. The highest BCUT2D eigenvalue weighted by molar-refractivity contribution is 5.76. The van der Waals surface area contributed by atoms with E-state index in [9.17, 15) is 45.6 Å². The number of hydrogen-bond acceptors (Lipinski definition) is 13. The third kappa shape index (κ3) is 28.2. The lowest BCUT2D eigenvalue weighted by Gasteiger charge is -2.46. The zero-order chi connectivity index (χ0) is 51.0. The maximum absolute atomic E-state index is 13.2. The van der Waals surface area contributed by atoms with Gasteiger partial charge < -0.3 is 65.1 Å². The molecule has 2 aliphatic rings. The maximum atomic E-state index is 13.2. The van der Waals surface area contributed by atoms with Gasteiger partial charge in [-0.1, -0.05) is 171 Å². The second kappa shape index (κ2) is 42.1. The Kier molecular flexibility index (Phi) is 38.4. The molecule has 2 aliphatic heterocycles. The topological polar surface area (TPSA) is 228 Å². The minimum atomic E-state index is -1.79. The number of rotatable bonds is 42. The Labute approximate surface area is 422 Å². The summed E-state index contributed by atoms with van der Waals surface area (Å²) < 4.78 is 22.7. The van der Waals surface area contributed by atoms with E-state index >= 15 is 0 Å². The largest absolute Gasteiger partial charge is 0.394 e. The second-order valence-electron chi connectivity index (χ2n) is 19.3. The molecular weight excluding hydrogens is 895 g/mol. The summed E-state index contributed by atoms with van der Waals surface area (Å²) in [5.41, 5.74) is 0. The van der Waals surface area contributed by atoms with Crippen molar-refractivity contribution in [1.82, 2.24) is 5.32 Å². The molecule has 2 rings (SSSR count). The monoisotopic (exact) mass is 994 g/mol. The molecule has 0 aromatic carbocycles. The van der Waals surface area contributed by atoms with Gasteiger partial charge in [0.1, 0.15) is 48.8 Å².